The second kappa shape index (κ2) is 9.80. The number of carbonyl (C=O) groups excluding carboxylic acids is 2. The van der Waals surface area contributed by atoms with E-state index < -0.39 is 74.9 Å². The highest BCUT2D eigenvalue weighted by molar-refractivity contribution is 6.19. The smallest absolute Gasteiger partial charge is 0.449 e. The Kier molecular flexibility index (Phi) is 7.11. The number of hydrogen-bond acceptors (Lipinski definition) is 6. The molecule has 3 heterocycles. The van der Waals surface area contributed by atoms with Crippen molar-refractivity contribution in [1.82, 2.24) is 19.1 Å². The highest BCUT2D eigenvalue weighted by Gasteiger charge is 2.43. The molecular formula is C26H26F6N6O4. The van der Waals surface area contributed by atoms with Gasteiger partial charge in [-0.25, -0.2) is 14.8 Å². The molecule has 42 heavy (non-hydrogen) atoms. The lowest BCUT2D eigenvalue weighted by Gasteiger charge is -2.22. The number of methoxy groups -OCH3 is 1. The second-order valence-corrected chi connectivity index (χ2v) is 10.5. The molecule has 0 aliphatic carbocycles. The Hall–Kier alpha value is -4.50. The lowest BCUT2D eigenvalue weighted by molar-refractivity contribution is -0.146. The largest absolute Gasteiger partial charge is 0.496 e. The Balaban J connectivity index is 2.38. The van der Waals surface area contributed by atoms with E-state index in [-0.39, 0.29) is 11.4 Å². The normalized spacial score (nSPS) is 12.7. The van der Waals surface area contributed by atoms with Gasteiger partial charge in [0.2, 0.25) is 5.82 Å². The molecule has 3 aromatic heterocycles. The summed E-state index contributed by atoms with van der Waals surface area (Å²) in [5.74, 6) is -3.31. The van der Waals surface area contributed by atoms with Gasteiger partial charge in [0.15, 0.2) is 11.3 Å². The number of primary amides is 1. The van der Waals surface area contributed by atoms with Crippen molar-refractivity contribution < 1.29 is 45.4 Å². The van der Waals surface area contributed by atoms with Crippen LogP contribution >= 0.6 is 0 Å². The molecular weight excluding hydrogens is 574 g/mol. The maximum Gasteiger partial charge on any atom is 0.449 e. The van der Waals surface area contributed by atoms with E-state index >= 15 is 0 Å². The fraction of sp³-hybridized carbons (Fsp3) is 0.385. The summed E-state index contributed by atoms with van der Waals surface area (Å²) in [5, 5.41) is 1.34. The predicted molar refractivity (Wildman–Crippen MR) is 140 cm³/mol. The number of aryl methyl sites for hydroxylation is 2. The number of imidazole rings is 1. The molecule has 16 heteroatoms. The van der Waals surface area contributed by atoms with Crippen molar-refractivity contribution in [3.8, 4) is 11.4 Å². The SMILES string of the molecule is COc1ccc(C)c(-n2c(NC(=O)OC(C)(C)C)c(C(N)=O)c3c(C(F)(F)F)nc4c(nc(C(F)(F)F)n4C)c32)c1C. The summed E-state index contributed by atoms with van der Waals surface area (Å²) in [6.07, 6.45) is -11.5. The van der Waals surface area contributed by atoms with Crippen LogP contribution in [0, 0.1) is 13.8 Å². The van der Waals surface area contributed by atoms with Gasteiger partial charge in [-0.1, -0.05) is 6.07 Å². The first kappa shape index (κ1) is 30.5. The van der Waals surface area contributed by atoms with E-state index in [2.05, 4.69) is 15.3 Å². The van der Waals surface area contributed by atoms with Crippen molar-refractivity contribution in [1.29, 1.82) is 0 Å². The van der Waals surface area contributed by atoms with Crippen molar-refractivity contribution in [2.75, 3.05) is 12.4 Å². The Bertz CT molecular complexity index is 1760. The van der Waals surface area contributed by atoms with Gasteiger partial charge in [0.1, 0.15) is 22.7 Å². The lowest BCUT2D eigenvalue weighted by atomic mass is 10.1. The molecule has 1 aromatic carbocycles. The number of nitrogens with two attached hydrogens (primary N) is 1. The topological polar surface area (TPSA) is 126 Å². The summed E-state index contributed by atoms with van der Waals surface area (Å²) in [4.78, 5) is 33.0. The number of pyridine rings is 1. The van der Waals surface area contributed by atoms with Crippen LogP contribution in [0.4, 0.5) is 37.0 Å². The summed E-state index contributed by atoms with van der Waals surface area (Å²) in [6, 6.07) is 3.10. The van der Waals surface area contributed by atoms with Crippen molar-refractivity contribution in [2.45, 2.75) is 52.6 Å². The minimum atomic E-state index is -5.28. The van der Waals surface area contributed by atoms with Crippen LogP contribution < -0.4 is 15.8 Å². The average molecular weight is 601 g/mol. The summed E-state index contributed by atoms with van der Waals surface area (Å²) in [5.41, 5.74) is 0.717. The van der Waals surface area contributed by atoms with Crippen molar-refractivity contribution in [3.05, 3.63) is 40.3 Å². The first-order valence-corrected chi connectivity index (χ1v) is 12.2. The van der Waals surface area contributed by atoms with Gasteiger partial charge in [0, 0.05) is 18.0 Å². The number of alkyl halides is 6. The maximum absolute atomic E-state index is 14.6. The standard InChI is InChI=1S/C26H26F6N6O4/c1-10-8-9-12(41-7)11(2)16(10)38-17-13(14(19(33)39)20(38)36-23(40)42-24(3,4)5)18(25(27,28)29)35-21-15(17)34-22(37(21)6)26(30,31)32/h8-9H,1-7H3,(H2,33,39)(H,36,40). The summed E-state index contributed by atoms with van der Waals surface area (Å²) >= 11 is 0. The number of nitrogens with zero attached hydrogens (tertiary/aromatic N) is 4. The summed E-state index contributed by atoms with van der Waals surface area (Å²) < 4.78 is 97.4. The minimum Gasteiger partial charge on any atom is -0.496 e. The lowest BCUT2D eigenvalue weighted by Crippen LogP contribution is -2.29. The van der Waals surface area contributed by atoms with Crippen LogP contribution in [0.5, 0.6) is 5.75 Å². The van der Waals surface area contributed by atoms with Crippen molar-refractivity contribution in [2.24, 2.45) is 12.8 Å². The molecule has 0 fully saturated rings. The Morgan fingerprint density at radius 1 is 1.00 bits per heavy atom. The van der Waals surface area contributed by atoms with Gasteiger partial charge in [-0.2, -0.15) is 26.3 Å². The molecule has 3 N–H and O–H groups in total. The van der Waals surface area contributed by atoms with Crippen LogP contribution in [-0.4, -0.2) is 43.8 Å². The van der Waals surface area contributed by atoms with Crippen molar-refractivity contribution >= 4 is 39.9 Å². The van der Waals surface area contributed by atoms with Crippen LogP contribution in [-0.2, 0) is 24.1 Å². The van der Waals surface area contributed by atoms with E-state index in [1.807, 2.05) is 0 Å². The Morgan fingerprint density at radius 2 is 1.62 bits per heavy atom. The third-order valence-electron chi connectivity index (χ3n) is 6.33. The molecule has 4 rings (SSSR count). The fourth-order valence-corrected chi connectivity index (χ4v) is 4.79. The van der Waals surface area contributed by atoms with E-state index in [1.54, 1.807) is 13.0 Å². The molecule has 0 saturated carbocycles. The van der Waals surface area contributed by atoms with Crippen LogP contribution in [0.25, 0.3) is 27.8 Å². The zero-order valence-electron chi connectivity index (χ0n) is 23.4. The van der Waals surface area contributed by atoms with Gasteiger partial charge < -0.3 is 19.8 Å². The molecule has 0 radical (unpaired) electrons. The van der Waals surface area contributed by atoms with Gasteiger partial charge >= 0.3 is 18.4 Å². The van der Waals surface area contributed by atoms with Gasteiger partial charge in [-0.15, -0.1) is 0 Å². The zero-order valence-corrected chi connectivity index (χ0v) is 23.4. The van der Waals surface area contributed by atoms with Crippen molar-refractivity contribution in [3.63, 3.8) is 0 Å². The molecule has 2 amide bonds. The van der Waals surface area contributed by atoms with E-state index in [1.165, 1.54) is 40.9 Å². The van der Waals surface area contributed by atoms with Gasteiger partial charge in [-0.05, 0) is 46.2 Å². The minimum absolute atomic E-state index is 0.0812. The molecule has 0 aliphatic rings. The fourth-order valence-electron chi connectivity index (χ4n) is 4.79. The first-order valence-electron chi connectivity index (χ1n) is 12.2. The number of halogens is 6. The monoisotopic (exact) mass is 600 g/mol. The number of rotatable bonds is 4. The number of hydrogen-bond donors (Lipinski definition) is 2. The Morgan fingerprint density at radius 3 is 2.12 bits per heavy atom. The number of fused-ring (bicyclic) bond motifs is 3. The molecule has 0 aliphatic heterocycles. The highest BCUT2D eigenvalue weighted by atomic mass is 19.4. The number of anilines is 1. The second-order valence-electron chi connectivity index (χ2n) is 10.5. The third kappa shape index (κ3) is 5.05. The Labute approximate surface area is 234 Å². The number of carbonyl (C=O) groups is 2. The van der Waals surface area contributed by atoms with Crippen LogP contribution in [0.15, 0.2) is 12.1 Å². The third-order valence-corrected chi connectivity index (χ3v) is 6.33. The average Bonchev–Trinajstić information content (AvgIpc) is 3.32. The van der Waals surface area contributed by atoms with Crippen LogP contribution in [0.1, 0.15) is 53.8 Å². The quantitative estimate of drug-likeness (QED) is 0.276. The highest BCUT2D eigenvalue weighted by Crippen LogP contribution is 2.46. The maximum atomic E-state index is 14.6. The number of nitrogens with one attached hydrogen (secondary N) is 1. The summed E-state index contributed by atoms with van der Waals surface area (Å²) in [6.45, 7) is 7.67. The number of amides is 2. The van der Waals surface area contributed by atoms with E-state index in [9.17, 15) is 35.9 Å². The number of aromatic nitrogens is 4. The van der Waals surface area contributed by atoms with E-state index in [4.69, 9.17) is 15.2 Å². The molecule has 4 aromatic rings. The van der Waals surface area contributed by atoms with Crippen LogP contribution in [0.3, 0.4) is 0 Å². The summed E-state index contributed by atoms with van der Waals surface area (Å²) in [7, 11) is 2.20. The van der Waals surface area contributed by atoms with Crippen LogP contribution in [0.2, 0.25) is 0 Å². The molecule has 0 bridgehead atoms. The predicted octanol–water partition coefficient (Wildman–Crippen LogP) is 6.02. The first-order chi connectivity index (χ1) is 19.2. The molecule has 10 nitrogen and oxygen atoms in total. The molecule has 0 atom stereocenters. The molecule has 0 spiro atoms. The number of benzene rings is 1. The van der Waals surface area contributed by atoms with Gasteiger partial charge in [0.25, 0.3) is 5.91 Å². The molecule has 226 valence electrons. The van der Waals surface area contributed by atoms with E-state index in [0.29, 0.717) is 15.7 Å². The number of ether oxygens (including phenoxy) is 2. The van der Waals surface area contributed by atoms with Gasteiger partial charge in [-0.3, -0.25) is 14.7 Å². The zero-order chi connectivity index (χ0) is 31.7. The van der Waals surface area contributed by atoms with E-state index in [0.717, 1.165) is 11.6 Å². The van der Waals surface area contributed by atoms with Gasteiger partial charge in [0.05, 0.1) is 23.9 Å². The molecule has 0 saturated heterocycles. The molecule has 0 unspecified atom stereocenters.